The van der Waals surface area contributed by atoms with Crippen LogP contribution in [-0.2, 0) is 9.53 Å². The summed E-state index contributed by atoms with van der Waals surface area (Å²) in [5, 5.41) is 3.71. The van der Waals surface area contributed by atoms with E-state index in [1.165, 1.54) is 5.56 Å². The van der Waals surface area contributed by atoms with E-state index < -0.39 is 0 Å². The van der Waals surface area contributed by atoms with Gasteiger partial charge < -0.3 is 10.1 Å². The van der Waals surface area contributed by atoms with Crippen LogP contribution in [0.4, 0.5) is 0 Å². The van der Waals surface area contributed by atoms with Crippen molar-refractivity contribution in [3.8, 4) is 0 Å². The van der Waals surface area contributed by atoms with E-state index in [4.69, 9.17) is 16.3 Å². The van der Waals surface area contributed by atoms with Gasteiger partial charge in [-0.25, -0.2) is 0 Å². The number of hydrogen-bond acceptors (Lipinski definition) is 3. The number of benzene rings is 1. The second-order valence-electron chi connectivity index (χ2n) is 5.60. The van der Waals surface area contributed by atoms with Crippen LogP contribution >= 0.6 is 11.6 Å². The highest BCUT2D eigenvalue weighted by molar-refractivity contribution is 6.30. The first-order valence-corrected chi connectivity index (χ1v) is 7.75. The number of carbonyl (C=O) groups excluding carboxylic acids is 1. The van der Waals surface area contributed by atoms with Crippen molar-refractivity contribution < 1.29 is 9.53 Å². The summed E-state index contributed by atoms with van der Waals surface area (Å²) >= 11 is 5.94. The second kappa shape index (κ2) is 7.78. The van der Waals surface area contributed by atoms with Crippen LogP contribution in [0, 0.1) is 0 Å². The molecule has 0 aliphatic carbocycles. The average molecular weight is 311 g/mol. The Kier molecular flexibility index (Phi) is 6.03. The van der Waals surface area contributed by atoms with Crippen LogP contribution in [0.5, 0.6) is 0 Å². The molecule has 1 aromatic rings. The molecule has 1 fully saturated rings. The number of methoxy groups -OCH3 is 1. The summed E-state index contributed by atoms with van der Waals surface area (Å²) in [7, 11) is 1.64. The van der Waals surface area contributed by atoms with Crippen LogP contribution in [-0.4, -0.2) is 43.7 Å². The molecule has 4 nitrogen and oxygen atoms in total. The first-order chi connectivity index (χ1) is 10.1. The van der Waals surface area contributed by atoms with E-state index in [1.54, 1.807) is 7.11 Å². The van der Waals surface area contributed by atoms with Crippen molar-refractivity contribution in [3.63, 3.8) is 0 Å². The molecule has 116 valence electrons. The zero-order valence-electron chi connectivity index (χ0n) is 12.6. The third-order valence-corrected chi connectivity index (χ3v) is 4.04. The van der Waals surface area contributed by atoms with Crippen LogP contribution in [0.15, 0.2) is 24.3 Å². The van der Waals surface area contributed by atoms with Crippen molar-refractivity contribution in [2.75, 3.05) is 26.8 Å². The Morgan fingerprint density at radius 2 is 2.19 bits per heavy atom. The molecule has 0 spiro atoms. The predicted molar refractivity (Wildman–Crippen MR) is 84.5 cm³/mol. The minimum absolute atomic E-state index is 0.0408. The van der Waals surface area contributed by atoms with Gasteiger partial charge in [-0.05, 0) is 44.0 Å². The van der Waals surface area contributed by atoms with Crippen molar-refractivity contribution in [2.24, 2.45) is 0 Å². The van der Waals surface area contributed by atoms with E-state index in [-0.39, 0.29) is 11.9 Å². The Balaban J connectivity index is 1.92. The molecule has 1 N–H and O–H groups in total. The summed E-state index contributed by atoms with van der Waals surface area (Å²) in [5.41, 5.74) is 1.23. The summed E-state index contributed by atoms with van der Waals surface area (Å²) in [4.78, 5) is 14.3. The molecule has 1 amide bonds. The molecule has 0 bridgehead atoms. The van der Waals surface area contributed by atoms with Gasteiger partial charge in [0.2, 0.25) is 5.91 Å². The smallest absolute Gasteiger partial charge is 0.234 e. The lowest BCUT2D eigenvalue weighted by Gasteiger charge is -2.25. The number of amides is 1. The number of ether oxygens (including phenoxy) is 1. The van der Waals surface area contributed by atoms with Gasteiger partial charge in [0.1, 0.15) is 0 Å². The second-order valence-corrected chi connectivity index (χ2v) is 6.04. The number of nitrogens with zero attached hydrogens (tertiary/aromatic N) is 1. The summed E-state index contributed by atoms with van der Waals surface area (Å²) in [6.07, 6.45) is 2.21. The molecule has 0 saturated carbocycles. The summed E-state index contributed by atoms with van der Waals surface area (Å²) in [5.74, 6) is 0.0559. The molecule has 2 rings (SSSR count). The van der Waals surface area contributed by atoms with Gasteiger partial charge in [0.15, 0.2) is 0 Å². The Morgan fingerprint density at radius 3 is 2.86 bits per heavy atom. The topological polar surface area (TPSA) is 41.6 Å². The molecular formula is C16H23ClN2O2. The molecule has 2 atom stereocenters. The van der Waals surface area contributed by atoms with Gasteiger partial charge in [-0.1, -0.05) is 23.7 Å². The molecule has 0 radical (unpaired) electrons. The van der Waals surface area contributed by atoms with Crippen LogP contribution in [0.2, 0.25) is 5.02 Å². The standard InChI is InChI=1S/C16H23ClN2O2/c1-12(11-21-2)18-16(20)10-19-9-3-4-15(19)13-5-7-14(17)8-6-13/h5-8,12,15H,3-4,9-11H2,1-2H3,(H,18,20)/t12-,15-/m1/s1. The molecule has 1 heterocycles. The lowest BCUT2D eigenvalue weighted by Crippen LogP contribution is -2.42. The number of rotatable bonds is 6. The predicted octanol–water partition coefficient (Wildman–Crippen LogP) is 2.63. The zero-order chi connectivity index (χ0) is 15.2. The quantitative estimate of drug-likeness (QED) is 0.878. The third kappa shape index (κ3) is 4.70. The SMILES string of the molecule is COC[C@@H](C)NC(=O)CN1CCC[C@@H]1c1ccc(Cl)cc1. The highest BCUT2D eigenvalue weighted by Gasteiger charge is 2.27. The van der Waals surface area contributed by atoms with Gasteiger partial charge in [0.25, 0.3) is 0 Å². The Labute approximate surface area is 131 Å². The first-order valence-electron chi connectivity index (χ1n) is 7.38. The summed E-state index contributed by atoms with van der Waals surface area (Å²) in [6, 6.07) is 8.28. The van der Waals surface area contributed by atoms with E-state index in [0.717, 1.165) is 24.4 Å². The maximum atomic E-state index is 12.1. The van der Waals surface area contributed by atoms with Crippen molar-refractivity contribution in [1.29, 1.82) is 0 Å². The van der Waals surface area contributed by atoms with Crippen LogP contribution in [0.1, 0.15) is 31.4 Å². The van der Waals surface area contributed by atoms with E-state index >= 15 is 0 Å². The summed E-state index contributed by atoms with van der Waals surface area (Å²) in [6.45, 7) is 3.87. The van der Waals surface area contributed by atoms with Crippen molar-refractivity contribution >= 4 is 17.5 Å². The molecule has 1 aliphatic heterocycles. The summed E-state index contributed by atoms with van der Waals surface area (Å²) < 4.78 is 5.04. The highest BCUT2D eigenvalue weighted by Crippen LogP contribution is 2.31. The number of hydrogen-bond donors (Lipinski definition) is 1. The van der Waals surface area contributed by atoms with Crippen molar-refractivity contribution in [1.82, 2.24) is 10.2 Å². The fraction of sp³-hybridized carbons (Fsp3) is 0.562. The number of halogens is 1. The van der Waals surface area contributed by atoms with E-state index in [1.807, 2.05) is 19.1 Å². The maximum Gasteiger partial charge on any atom is 0.234 e. The first kappa shape index (κ1) is 16.3. The van der Waals surface area contributed by atoms with Crippen molar-refractivity contribution in [2.45, 2.75) is 31.8 Å². The largest absolute Gasteiger partial charge is 0.383 e. The average Bonchev–Trinajstić information content (AvgIpc) is 2.87. The van der Waals surface area contributed by atoms with Crippen LogP contribution in [0.3, 0.4) is 0 Å². The van der Waals surface area contributed by atoms with Gasteiger partial charge in [-0.2, -0.15) is 0 Å². The molecule has 1 aliphatic rings. The Hall–Kier alpha value is -1.10. The highest BCUT2D eigenvalue weighted by atomic mass is 35.5. The number of likely N-dealkylation sites (tertiary alicyclic amines) is 1. The van der Waals surface area contributed by atoms with E-state index in [9.17, 15) is 4.79 Å². The minimum Gasteiger partial charge on any atom is -0.383 e. The van der Waals surface area contributed by atoms with Gasteiger partial charge in [-0.15, -0.1) is 0 Å². The Bertz CT molecular complexity index is 464. The molecule has 1 saturated heterocycles. The fourth-order valence-corrected chi connectivity index (χ4v) is 3.00. The molecule has 1 aromatic carbocycles. The lowest BCUT2D eigenvalue weighted by atomic mass is 10.0. The fourth-order valence-electron chi connectivity index (χ4n) is 2.87. The molecule has 21 heavy (non-hydrogen) atoms. The third-order valence-electron chi connectivity index (χ3n) is 3.79. The van der Waals surface area contributed by atoms with Crippen LogP contribution < -0.4 is 5.32 Å². The van der Waals surface area contributed by atoms with Crippen LogP contribution in [0.25, 0.3) is 0 Å². The van der Waals surface area contributed by atoms with Gasteiger partial charge in [-0.3, -0.25) is 9.69 Å². The molecule has 5 heteroatoms. The normalized spacial score (nSPS) is 20.4. The lowest BCUT2D eigenvalue weighted by molar-refractivity contribution is -0.123. The van der Waals surface area contributed by atoms with Gasteiger partial charge >= 0.3 is 0 Å². The van der Waals surface area contributed by atoms with Gasteiger partial charge in [0.05, 0.1) is 13.2 Å². The number of carbonyl (C=O) groups is 1. The minimum atomic E-state index is 0.0408. The van der Waals surface area contributed by atoms with E-state index in [0.29, 0.717) is 19.2 Å². The maximum absolute atomic E-state index is 12.1. The number of nitrogens with one attached hydrogen (secondary N) is 1. The zero-order valence-corrected chi connectivity index (χ0v) is 13.4. The molecule has 0 unspecified atom stereocenters. The van der Waals surface area contributed by atoms with E-state index in [2.05, 4.69) is 22.3 Å². The van der Waals surface area contributed by atoms with Crippen molar-refractivity contribution in [3.05, 3.63) is 34.9 Å². The Morgan fingerprint density at radius 1 is 1.48 bits per heavy atom. The van der Waals surface area contributed by atoms with Gasteiger partial charge in [0, 0.05) is 24.2 Å². The molecule has 0 aromatic heterocycles. The molecular weight excluding hydrogens is 288 g/mol. The monoisotopic (exact) mass is 310 g/mol.